The minimum absolute atomic E-state index is 0.0833. The molecular formula is C26H23F3N4O4. The molecule has 2 heterocycles. The fourth-order valence-corrected chi connectivity index (χ4v) is 4.97. The molecule has 1 fully saturated rings. The molecule has 37 heavy (non-hydrogen) atoms. The van der Waals surface area contributed by atoms with Crippen molar-refractivity contribution in [3.05, 3.63) is 77.0 Å². The number of likely N-dealkylation sites (N-methyl/N-ethyl adjacent to an activating group) is 1. The van der Waals surface area contributed by atoms with Gasteiger partial charge in [0.1, 0.15) is 11.9 Å². The molecule has 0 spiro atoms. The van der Waals surface area contributed by atoms with Gasteiger partial charge in [0.25, 0.3) is 11.8 Å². The van der Waals surface area contributed by atoms with E-state index in [9.17, 15) is 32.7 Å². The summed E-state index contributed by atoms with van der Waals surface area (Å²) in [5, 5.41) is 17.0. The number of amides is 2. The van der Waals surface area contributed by atoms with E-state index in [2.05, 4.69) is 10.4 Å². The third-order valence-electron chi connectivity index (χ3n) is 6.76. The molecule has 2 aromatic carbocycles. The molecule has 0 radical (unpaired) electrons. The van der Waals surface area contributed by atoms with Crippen LogP contribution in [0.15, 0.2) is 54.6 Å². The Balaban J connectivity index is 1.61. The number of aromatic nitrogens is 2. The molecule has 1 aliphatic heterocycles. The van der Waals surface area contributed by atoms with Crippen LogP contribution in [-0.4, -0.2) is 45.3 Å². The number of para-hydroxylation sites is 1. The van der Waals surface area contributed by atoms with Crippen LogP contribution >= 0.6 is 0 Å². The van der Waals surface area contributed by atoms with Gasteiger partial charge < -0.3 is 10.4 Å². The Morgan fingerprint density at radius 2 is 1.81 bits per heavy atom. The van der Waals surface area contributed by atoms with Crippen molar-refractivity contribution >= 4 is 23.6 Å². The normalized spacial score (nSPS) is 19.5. The summed E-state index contributed by atoms with van der Waals surface area (Å²) in [4.78, 5) is 40.5. The van der Waals surface area contributed by atoms with E-state index in [-0.39, 0.29) is 23.7 Å². The number of alkyl halides is 3. The van der Waals surface area contributed by atoms with Gasteiger partial charge in [-0.15, -0.1) is 0 Å². The number of fused-ring (bicyclic) bond motifs is 1. The number of aromatic carboxylic acids is 1. The highest BCUT2D eigenvalue weighted by Gasteiger charge is 2.51. The van der Waals surface area contributed by atoms with Gasteiger partial charge >= 0.3 is 12.1 Å². The number of carbonyl (C=O) groups excluding carboxylic acids is 2. The van der Waals surface area contributed by atoms with E-state index in [1.807, 2.05) is 0 Å². The molecule has 2 amide bonds. The van der Waals surface area contributed by atoms with Gasteiger partial charge in [0.05, 0.1) is 11.3 Å². The van der Waals surface area contributed by atoms with E-state index < -0.39 is 41.5 Å². The van der Waals surface area contributed by atoms with E-state index in [4.69, 9.17) is 0 Å². The van der Waals surface area contributed by atoms with Crippen molar-refractivity contribution in [3.8, 4) is 5.69 Å². The smallest absolute Gasteiger partial charge is 0.416 e. The number of hydrogen-bond donors (Lipinski definition) is 2. The Labute approximate surface area is 209 Å². The van der Waals surface area contributed by atoms with Gasteiger partial charge in [-0.2, -0.15) is 18.3 Å². The Kier molecular flexibility index (Phi) is 6.01. The first-order chi connectivity index (χ1) is 17.6. The number of nitrogens with zero attached hydrogens (tertiary/aromatic N) is 3. The van der Waals surface area contributed by atoms with Gasteiger partial charge in [0.15, 0.2) is 5.69 Å². The first-order valence-corrected chi connectivity index (χ1v) is 11.8. The van der Waals surface area contributed by atoms with Crippen LogP contribution in [0, 0.1) is 5.92 Å². The van der Waals surface area contributed by atoms with Gasteiger partial charge in [-0.1, -0.05) is 24.3 Å². The van der Waals surface area contributed by atoms with E-state index in [0.29, 0.717) is 17.1 Å². The molecule has 8 nitrogen and oxygen atoms in total. The number of benzene rings is 2. The number of anilines is 1. The summed E-state index contributed by atoms with van der Waals surface area (Å²) in [7, 11) is 0. The zero-order valence-electron chi connectivity index (χ0n) is 19.7. The Morgan fingerprint density at radius 3 is 2.41 bits per heavy atom. The van der Waals surface area contributed by atoms with Crippen molar-refractivity contribution in [1.82, 2.24) is 15.1 Å². The zero-order valence-corrected chi connectivity index (χ0v) is 19.7. The molecule has 0 saturated heterocycles. The first kappa shape index (κ1) is 24.5. The number of hydrogen-bond acceptors (Lipinski definition) is 4. The van der Waals surface area contributed by atoms with Gasteiger partial charge in [0, 0.05) is 23.6 Å². The SMILES string of the molecule is CCN1C(=O)C(NC(=O)c2cccc(C(F)(F)F)c2)C(C2CC2)c2c(C(=O)O)nn(-c3ccccc3)c21. The molecule has 1 saturated carbocycles. The van der Waals surface area contributed by atoms with E-state index in [1.54, 1.807) is 37.3 Å². The van der Waals surface area contributed by atoms with Gasteiger partial charge in [-0.3, -0.25) is 14.5 Å². The van der Waals surface area contributed by atoms with Crippen molar-refractivity contribution in [2.45, 2.75) is 37.9 Å². The maximum atomic E-state index is 13.8. The highest BCUT2D eigenvalue weighted by molar-refractivity contribution is 6.06. The summed E-state index contributed by atoms with van der Waals surface area (Å²) in [6, 6.07) is 11.6. The van der Waals surface area contributed by atoms with E-state index >= 15 is 0 Å². The van der Waals surface area contributed by atoms with Crippen LogP contribution in [0.4, 0.5) is 19.0 Å². The quantitative estimate of drug-likeness (QED) is 0.514. The molecule has 2 N–H and O–H groups in total. The fourth-order valence-electron chi connectivity index (χ4n) is 4.97. The number of rotatable bonds is 6. The molecule has 2 atom stereocenters. The van der Waals surface area contributed by atoms with Crippen molar-refractivity contribution in [2.75, 3.05) is 11.4 Å². The summed E-state index contributed by atoms with van der Waals surface area (Å²) in [6.45, 7) is 1.88. The van der Waals surface area contributed by atoms with E-state index in [0.717, 1.165) is 31.0 Å². The number of carbonyl (C=O) groups is 3. The molecule has 1 aliphatic carbocycles. The lowest BCUT2D eigenvalue weighted by molar-refractivity contribution is -0.137. The predicted octanol–water partition coefficient (Wildman–Crippen LogP) is 4.25. The fraction of sp³-hybridized carbons (Fsp3) is 0.308. The van der Waals surface area contributed by atoms with Gasteiger partial charge in [-0.05, 0) is 56.0 Å². The second-order valence-electron chi connectivity index (χ2n) is 9.11. The van der Waals surface area contributed by atoms with Crippen LogP contribution in [0.5, 0.6) is 0 Å². The molecule has 2 aliphatic rings. The van der Waals surface area contributed by atoms with Crippen molar-refractivity contribution < 1.29 is 32.7 Å². The summed E-state index contributed by atoms with van der Waals surface area (Å²) in [5.74, 6) is -3.03. The Bertz CT molecular complexity index is 1380. The zero-order chi connectivity index (χ0) is 26.5. The minimum Gasteiger partial charge on any atom is -0.476 e. The van der Waals surface area contributed by atoms with E-state index in [1.165, 1.54) is 15.6 Å². The predicted molar refractivity (Wildman–Crippen MR) is 127 cm³/mol. The van der Waals surface area contributed by atoms with Crippen LogP contribution in [0.25, 0.3) is 5.69 Å². The van der Waals surface area contributed by atoms with Crippen LogP contribution in [0.2, 0.25) is 0 Å². The highest BCUT2D eigenvalue weighted by Crippen LogP contribution is 2.51. The molecule has 2 unspecified atom stereocenters. The average Bonchev–Trinajstić information content (AvgIpc) is 3.64. The highest BCUT2D eigenvalue weighted by atomic mass is 19.4. The van der Waals surface area contributed by atoms with Crippen molar-refractivity contribution in [3.63, 3.8) is 0 Å². The van der Waals surface area contributed by atoms with Crippen LogP contribution in [0.1, 0.15) is 57.7 Å². The third kappa shape index (κ3) is 4.34. The molecule has 3 aromatic rings. The second-order valence-corrected chi connectivity index (χ2v) is 9.11. The largest absolute Gasteiger partial charge is 0.476 e. The summed E-state index contributed by atoms with van der Waals surface area (Å²) in [5.41, 5.74) is -0.541. The second kappa shape index (κ2) is 9.06. The standard InChI is InChI=1S/C26H23F3N4O4/c1-2-32-23-19(21(25(36)37)31-33(23)17-9-4-3-5-10-17)18(14-11-12-14)20(24(32)35)30-22(34)15-7-6-8-16(13-15)26(27,28)29/h3-10,13-14,18,20H,2,11-12H2,1H3,(H,30,34)(H,36,37). The summed E-state index contributed by atoms with van der Waals surface area (Å²) < 4.78 is 41.0. The lowest BCUT2D eigenvalue weighted by Crippen LogP contribution is -2.56. The average molecular weight is 512 g/mol. The first-order valence-electron chi connectivity index (χ1n) is 11.8. The molecular weight excluding hydrogens is 489 g/mol. The Hall–Kier alpha value is -4.15. The van der Waals surface area contributed by atoms with Gasteiger partial charge in [0.2, 0.25) is 0 Å². The summed E-state index contributed by atoms with van der Waals surface area (Å²) in [6.07, 6.45) is -3.20. The molecule has 0 bridgehead atoms. The van der Waals surface area contributed by atoms with Crippen LogP contribution < -0.4 is 10.2 Å². The number of nitrogens with one attached hydrogen (secondary N) is 1. The monoisotopic (exact) mass is 512 g/mol. The Morgan fingerprint density at radius 1 is 1.11 bits per heavy atom. The van der Waals surface area contributed by atoms with Crippen LogP contribution in [0.3, 0.4) is 0 Å². The molecule has 1 aromatic heterocycles. The number of carboxylic acids is 1. The van der Waals surface area contributed by atoms with Crippen molar-refractivity contribution in [2.24, 2.45) is 5.92 Å². The number of halogens is 3. The molecule has 192 valence electrons. The maximum Gasteiger partial charge on any atom is 0.416 e. The van der Waals surface area contributed by atoms with Crippen molar-refractivity contribution in [1.29, 1.82) is 0 Å². The summed E-state index contributed by atoms with van der Waals surface area (Å²) >= 11 is 0. The lowest BCUT2D eigenvalue weighted by Gasteiger charge is -2.38. The molecule has 11 heteroatoms. The maximum absolute atomic E-state index is 13.8. The topological polar surface area (TPSA) is 105 Å². The molecule has 5 rings (SSSR count). The minimum atomic E-state index is -4.64. The van der Waals surface area contributed by atoms with Crippen LogP contribution in [-0.2, 0) is 11.0 Å². The lowest BCUT2D eigenvalue weighted by atomic mass is 9.82. The number of carboxylic acid groups (broad SMARTS) is 1. The third-order valence-corrected chi connectivity index (χ3v) is 6.76. The van der Waals surface area contributed by atoms with Gasteiger partial charge in [-0.25, -0.2) is 9.48 Å².